The summed E-state index contributed by atoms with van der Waals surface area (Å²) in [5, 5.41) is 6.65. The van der Waals surface area contributed by atoms with E-state index < -0.39 is 0 Å². The van der Waals surface area contributed by atoms with Crippen LogP contribution >= 0.6 is 23.4 Å². The summed E-state index contributed by atoms with van der Waals surface area (Å²) in [6, 6.07) is 13.0. The molecule has 29 heavy (non-hydrogen) atoms. The van der Waals surface area contributed by atoms with Crippen molar-refractivity contribution < 1.29 is 14.3 Å². The van der Waals surface area contributed by atoms with E-state index in [1.807, 2.05) is 31.2 Å². The summed E-state index contributed by atoms with van der Waals surface area (Å²) in [6.45, 7) is 2.80. The van der Waals surface area contributed by atoms with Crippen molar-refractivity contribution in [2.24, 2.45) is 0 Å². The van der Waals surface area contributed by atoms with Gasteiger partial charge >= 0.3 is 0 Å². The smallest absolute Gasteiger partial charge is 0.255 e. The Bertz CT molecular complexity index is 875. The molecule has 7 heteroatoms. The van der Waals surface area contributed by atoms with Crippen LogP contribution in [0.1, 0.15) is 48.1 Å². The van der Waals surface area contributed by atoms with Crippen molar-refractivity contribution in [3.8, 4) is 5.75 Å². The van der Waals surface area contributed by atoms with Crippen molar-refractivity contribution in [3.63, 3.8) is 0 Å². The zero-order valence-corrected chi connectivity index (χ0v) is 17.9. The molecule has 0 spiro atoms. The maximum atomic E-state index is 12.4. The van der Waals surface area contributed by atoms with Crippen LogP contribution in [0.4, 0.5) is 0 Å². The second-order valence-corrected chi connectivity index (χ2v) is 8.30. The summed E-state index contributed by atoms with van der Waals surface area (Å²) in [4.78, 5) is 25.9. The topological polar surface area (TPSA) is 67.4 Å². The van der Waals surface area contributed by atoms with Gasteiger partial charge in [0.1, 0.15) is 5.75 Å². The highest BCUT2D eigenvalue weighted by Gasteiger charge is 2.22. The summed E-state index contributed by atoms with van der Waals surface area (Å²) in [5.74, 6) is 1.33. The van der Waals surface area contributed by atoms with E-state index in [-0.39, 0.29) is 17.9 Å². The molecule has 1 unspecified atom stereocenters. The Morgan fingerprint density at radius 2 is 2.07 bits per heavy atom. The normalized spacial score (nSPS) is 15.3. The van der Waals surface area contributed by atoms with Crippen LogP contribution < -0.4 is 15.4 Å². The van der Waals surface area contributed by atoms with Gasteiger partial charge < -0.3 is 15.4 Å². The van der Waals surface area contributed by atoms with E-state index in [0.29, 0.717) is 42.3 Å². The molecule has 154 valence electrons. The molecule has 2 aromatic carbocycles. The number of ether oxygens (including phenoxy) is 1. The maximum absolute atomic E-state index is 12.4. The molecule has 1 aliphatic rings. The molecule has 0 bridgehead atoms. The Balaban J connectivity index is 1.46. The number of halogens is 1. The molecule has 1 heterocycles. The SMILES string of the molecule is CCOc1ccccc1C(=O)NCCCC(=O)NC1CCSc2ccc(Cl)cc21. The molecule has 0 saturated carbocycles. The lowest BCUT2D eigenvalue weighted by atomic mass is 10.0. The summed E-state index contributed by atoms with van der Waals surface area (Å²) in [5.41, 5.74) is 1.59. The van der Waals surface area contributed by atoms with Crippen LogP contribution in [-0.2, 0) is 4.79 Å². The number of nitrogens with one attached hydrogen (secondary N) is 2. The van der Waals surface area contributed by atoms with Crippen LogP contribution in [0.15, 0.2) is 47.4 Å². The Morgan fingerprint density at radius 3 is 2.90 bits per heavy atom. The van der Waals surface area contributed by atoms with Crippen LogP contribution in [-0.4, -0.2) is 30.7 Å². The van der Waals surface area contributed by atoms with Crippen LogP contribution in [0, 0.1) is 0 Å². The van der Waals surface area contributed by atoms with Crippen molar-refractivity contribution in [2.45, 2.75) is 37.1 Å². The Hall–Kier alpha value is -2.18. The van der Waals surface area contributed by atoms with Gasteiger partial charge in [-0.2, -0.15) is 0 Å². The third-order valence-electron chi connectivity index (χ3n) is 4.64. The number of rotatable bonds is 8. The Morgan fingerprint density at radius 1 is 1.24 bits per heavy atom. The predicted octanol–water partition coefficient (Wildman–Crippen LogP) is 4.60. The van der Waals surface area contributed by atoms with Gasteiger partial charge in [-0.05, 0) is 55.7 Å². The second-order valence-electron chi connectivity index (χ2n) is 6.73. The number of thioether (sulfide) groups is 1. The van der Waals surface area contributed by atoms with Crippen LogP contribution in [0.25, 0.3) is 0 Å². The van der Waals surface area contributed by atoms with Crippen molar-refractivity contribution >= 4 is 35.2 Å². The first-order chi connectivity index (χ1) is 14.1. The van der Waals surface area contributed by atoms with E-state index in [1.54, 1.807) is 30.0 Å². The monoisotopic (exact) mass is 432 g/mol. The second kappa shape index (κ2) is 10.6. The molecular weight excluding hydrogens is 408 g/mol. The van der Waals surface area contributed by atoms with Crippen LogP contribution in [0.3, 0.4) is 0 Å². The van der Waals surface area contributed by atoms with Crippen molar-refractivity contribution in [3.05, 3.63) is 58.6 Å². The number of hydrogen-bond acceptors (Lipinski definition) is 4. The third kappa shape index (κ3) is 5.90. The van der Waals surface area contributed by atoms with Crippen LogP contribution in [0.5, 0.6) is 5.75 Å². The van der Waals surface area contributed by atoms with Gasteiger partial charge in [0.2, 0.25) is 5.91 Å². The van der Waals surface area contributed by atoms with Gasteiger partial charge in [-0.3, -0.25) is 9.59 Å². The Labute approximate surface area is 180 Å². The van der Waals surface area contributed by atoms with Crippen LogP contribution in [0.2, 0.25) is 5.02 Å². The molecule has 2 aromatic rings. The molecule has 0 saturated heterocycles. The molecule has 0 fully saturated rings. The van der Waals surface area contributed by atoms with E-state index in [1.165, 1.54) is 4.90 Å². The highest BCUT2D eigenvalue weighted by molar-refractivity contribution is 7.99. The minimum absolute atomic E-state index is 0.00916. The first kappa shape index (κ1) is 21.5. The first-order valence-electron chi connectivity index (χ1n) is 9.80. The van der Waals surface area contributed by atoms with Gasteiger partial charge in [-0.15, -0.1) is 11.8 Å². The fourth-order valence-corrected chi connectivity index (χ4v) is 4.55. The average Bonchev–Trinajstić information content (AvgIpc) is 2.72. The molecule has 1 atom stereocenters. The van der Waals surface area contributed by atoms with E-state index in [0.717, 1.165) is 17.7 Å². The van der Waals surface area contributed by atoms with E-state index in [9.17, 15) is 9.59 Å². The van der Waals surface area contributed by atoms with Crippen molar-refractivity contribution in [1.82, 2.24) is 10.6 Å². The molecule has 2 amide bonds. The molecular formula is C22H25ClN2O3S. The number of carbonyl (C=O) groups excluding carboxylic acids is 2. The molecule has 5 nitrogen and oxygen atoms in total. The summed E-state index contributed by atoms with van der Waals surface area (Å²) < 4.78 is 5.49. The Kier molecular flexibility index (Phi) is 7.83. The summed E-state index contributed by atoms with van der Waals surface area (Å²) in [7, 11) is 0. The zero-order valence-electron chi connectivity index (χ0n) is 16.4. The lowest BCUT2D eigenvalue weighted by Gasteiger charge is -2.26. The van der Waals surface area contributed by atoms with Gasteiger partial charge in [0.05, 0.1) is 18.2 Å². The highest BCUT2D eigenvalue weighted by atomic mass is 35.5. The lowest BCUT2D eigenvalue weighted by Crippen LogP contribution is -2.31. The molecule has 1 aliphatic heterocycles. The maximum Gasteiger partial charge on any atom is 0.255 e. The number of carbonyl (C=O) groups is 2. The summed E-state index contributed by atoms with van der Waals surface area (Å²) in [6.07, 6.45) is 1.81. The minimum atomic E-state index is -0.192. The average molecular weight is 433 g/mol. The van der Waals surface area contributed by atoms with Crippen molar-refractivity contribution in [2.75, 3.05) is 18.9 Å². The number of fused-ring (bicyclic) bond motifs is 1. The summed E-state index contributed by atoms with van der Waals surface area (Å²) >= 11 is 7.91. The highest BCUT2D eigenvalue weighted by Crippen LogP contribution is 2.37. The largest absolute Gasteiger partial charge is 0.493 e. The standard InChI is InChI=1S/C22H25ClN2O3S/c1-2-28-19-7-4-3-6-16(19)22(27)24-12-5-8-21(26)25-18-11-13-29-20-10-9-15(23)14-17(18)20/h3-4,6-7,9-10,14,18H,2,5,8,11-13H2,1H3,(H,24,27)(H,25,26). The zero-order chi connectivity index (χ0) is 20.6. The molecule has 3 rings (SSSR count). The number of benzene rings is 2. The quantitative estimate of drug-likeness (QED) is 0.598. The van der Waals surface area contributed by atoms with Gasteiger partial charge in [0.25, 0.3) is 5.91 Å². The molecule has 0 aromatic heterocycles. The van der Waals surface area contributed by atoms with Crippen molar-refractivity contribution in [1.29, 1.82) is 0 Å². The first-order valence-corrected chi connectivity index (χ1v) is 11.2. The fourth-order valence-electron chi connectivity index (χ4n) is 3.26. The van der Waals surface area contributed by atoms with Gasteiger partial charge in [-0.25, -0.2) is 0 Å². The van der Waals surface area contributed by atoms with E-state index >= 15 is 0 Å². The predicted molar refractivity (Wildman–Crippen MR) is 117 cm³/mol. The number of hydrogen-bond donors (Lipinski definition) is 2. The fraction of sp³-hybridized carbons (Fsp3) is 0.364. The molecule has 0 radical (unpaired) electrons. The number of amides is 2. The van der Waals surface area contributed by atoms with E-state index in [2.05, 4.69) is 10.6 Å². The van der Waals surface area contributed by atoms with E-state index in [4.69, 9.17) is 16.3 Å². The van der Waals surface area contributed by atoms with Gasteiger partial charge in [-0.1, -0.05) is 23.7 Å². The van der Waals surface area contributed by atoms with Gasteiger partial charge in [0.15, 0.2) is 0 Å². The molecule has 2 N–H and O–H groups in total. The molecule has 0 aliphatic carbocycles. The van der Waals surface area contributed by atoms with Gasteiger partial charge in [0, 0.05) is 28.6 Å². The lowest BCUT2D eigenvalue weighted by molar-refractivity contribution is -0.122. The number of para-hydroxylation sites is 1. The third-order valence-corrected chi connectivity index (χ3v) is 6.00. The minimum Gasteiger partial charge on any atom is -0.493 e.